The molecule has 0 radical (unpaired) electrons. The van der Waals surface area contributed by atoms with Crippen molar-refractivity contribution in [3.63, 3.8) is 0 Å². The lowest BCUT2D eigenvalue weighted by Crippen LogP contribution is -2.38. The maximum absolute atomic E-state index is 2.53. The Labute approximate surface area is 93.1 Å². The van der Waals surface area contributed by atoms with Crippen LogP contribution in [0.2, 0.25) is 0 Å². The highest BCUT2D eigenvalue weighted by Gasteiger charge is 2.21. The molecule has 1 heterocycles. The van der Waals surface area contributed by atoms with E-state index >= 15 is 0 Å². The van der Waals surface area contributed by atoms with Crippen LogP contribution in [-0.2, 0) is 0 Å². The van der Waals surface area contributed by atoms with Gasteiger partial charge in [-0.05, 0) is 37.3 Å². The average molecular weight is 203 g/mol. The average Bonchev–Trinajstić information content (AvgIpc) is 2.17. The molecular weight excluding hydrogens is 182 g/mol. The summed E-state index contributed by atoms with van der Waals surface area (Å²) in [4.78, 5) is 2.53. The molecular formula is C14H21N. The molecule has 2 rings (SSSR count). The zero-order valence-corrected chi connectivity index (χ0v) is 10.0. The summed E-state index contributed by atoms with van der Waals surface area (Å²) in [5.74, 6) is 1.66. The Balaban J connectivity index is 2.12. The van der Waals surface area contributed by atoms with Crippen molar-refractivity contribution in [2.45, 2.75) is 27.2 Å². The lowest BCUT2D eigenvalue weighted by atomic mass is 9.91. The molecule has 1 aliphatic heterocycles. The lowest BCUT2D eigenvalue weighted by Gasteiger charge is -2.36. The van der Waals surface area contributed by atoms with Gasteiger partial charge in [-0.25, -0.2) is 0 Å². The molecule has 1 fully saturated rings. The van der Waals surface area contributed by atoms with Crippen molar-refractivity contribution in [2.24, 2.45) is 11.8 Å². The Bertz CT molecular complexity index is 305. The third-order valence-electron chi connectivity index (χ3n) is 3.27. The molecule has 1 aromatic carbocycles. The number of rotatable bonds is 1. The molecule has 1 aromatic rings. The summed E-state index contributed by atoms with van der Waals surface area (Å²) >= 11 is 0. The molecule has 0 unspecified atom stereocenters. The van der Waals surface area contributed by atoms with Gasteiger partial charge in [0.2, 0.25) is 0 Å². The number of anilines is 1. The molecule has 0 amide bonds. The van der Waals surface area contributed by atoms with Gasteiger partial charge >= 0.3 is 0 Å². The van der Waals surface area contributed by atoms with Crippen molar-refractivity contribution >= 4 is 5.69 Å². The fourth-order valence-electron chi connectivity index (χ4n) is 2.63. The summed E-state index contributed by atoms with van der Waals surface area (Å²) in [5.41, 5.74) is 2.73. The van der Waals surface area contributed by atoms with E-state index < -0.39 is 0 Å². The maximum atomic E-state index is 2.53. The maximum Gasteiger partial charge on any atom is 0.0366 e. The Morgan fingerprint density at radius 1 is 1.00 bits per heavy atom. The van der Waals surface area contributed by atoms with Crippen LogP contribution in [0, 0.1) is 18.8 Å². The fraction of sp³-hybridized carbons (Fsp3) is 0.571. The Morgan fingerprint density at radius 3 is 2.07 bits per heavy atom. The van der Waals surface area contributed by atoms with E-state index in [0.717, 1.165) is 11.8 Å². The minimum Gasteiger partial charge on any atom is -0.371 e. The zero-order chi connectivity index (χ0) is 10.8. The monoisotopic (exact) mass is 203 g/mol. The summed E-state index contributed by atoms with van der Waals surface area (Å²) in [7, 11) is 0. The smallest absolute Gasteiger partial charge is 0.0366 e. The second kappa shape index (κ2) is 4.26. The molecule has 1 aliphatic rings. The van der Waals surface area contributed by atoms with E-state index in [1.165, 1.54) is 30.8 Å². The quantitative estimate of drug-likeness (QED) is 0.675. The van der Waals surface area contributed by atoms with E-state index in [4.69, 9.17) is 0 Å². The van der Waals surface area contributed by atoms with Gasteiger partial charge in [0.25, 0.3) is 0 Å². The van der Waals surface area contributed by atoms with Crippen LogP contribution in [-0.4, -0.2) is 13.1 Å². The van der Waals surface area contributed by atoms with Crippen LogP contribution in [0.4, 0.5) is 5.69 Å². The molecule has 1 nitrogen and oxygen atoms in total. The summed E-state index contributed by atoms with van der Waals surface area (Å²) < 4.78 is 0. The van der Waals surface area contributed by atoms with Crippen LogP contribution in [0.1, 0.15) is 25.8 Å². The summed E-state index contributed by atoms with van der Waals surface area (Å²) in [6, 6.07) is 8.92. The predicted molar refractivity (Wildman–Crippen MR) is 66.3 cm³/mol. The zero-order valence-electron chi connectivity index (χ0n) is 10.0. The van der Waals surface area contributed by atoms with E-state index in [-0.39, 0.29) is 0 Å². The van der Waals surface area contributed by atoms with Gasteiger partial charge in [-0.15, -0.1) is 0 Å². The van der Waals surface area contributed by atoms with Crippen LogP contribution < -0.4 is 4.90 Å². The highest BCUT2D eigenvalue weighted by Crippen LogP contribution is 2.26. The largest absolute Gasteiger partial charge is 0.371 e. The minimum atomic E-state index is 0.829. The van der Waals surface area contributed by atoms with Crippen molar-refractivity contribution in [3.05, 3.63) is 29.8 Å². The number of piperidine rings is 1. The summed E-state index contributed by atoms with van der Waals surface area (Å²) in [6.07, 6.45) is 1.38. The van der Waals surface area contributed by atoms with Crippen molar-refractivity contribution in [3.8, 4) is 0 Å². The molecule has 0 N–H and O–H groups in total. The topological polar surface area (TPSA) is 3.24 Å². The predicted octanol–water partition coefficient (Wildman–Crippen LogP) is 3.48. The lowest BCUT2D eigenvalue weighted by molar-refractivity contribution is 0.357. The van der Waals surface area contributed by atoms with E-state index in [2.05, 4.69) is 49.9 Å². The molecule has 82 valence electrons. The van der Waals surface area contributed by atoms with Gasteiger partial charge in [0, 0.05) is 18.8 Å². The highest BCUT2D eigenvalue weighted by molar-refractivity contribution is 5.47. The van der Waals surface area contributed by atoms with Crippen LogP contribution >= 0.6 is 0 Å². The molecule has 0 saturated carbocycles. The summed E-state index contributed by atoms with van der Waals surface area (Å²) in [6.45, 7) is 9.29. The number of hydrogen-bond acceptors (Lipinski definition) is 1. The molecule has 15 heavy (non-hydrogen) atoms. The standard InChI is InChI=1S/C14H21N/c1-11-4-6-14(7-5-11)15-9-12(2)8-13(3)10-15/h4-7,12-13H,8-10H2,1-3H3/t12-,13-/m1/s1. The second-order valence-corrected chi connectivity index (χ2v) is 5.19. The van der Waals surface area contributed by atoms with Crippen molar-refractivity contribution in [2.75, 3.05) is 18.0 Å². The van der Waals surface area contributed by atoms with Gasteiger partial charge < -0.3 is 4.90 Å². The third-order valence-corrected chi connectivity index (χ3v) is 3.27. The molecule has 0 aliphatic carbocycles. The van der Waals surface area contributed by atoms with Gasteiger partial charge in [-0.3, -0.25) is 0 Å². The van der Waals surface area contributed by atoms with Crippen LogP contribution in [0.5, 0.6) is 0 Å². The highest BCUT2D eigenvalue weighted by atomic mass is 15.1. The number of nitrogens with zero attached hydrogens (tertiary/aromatic N) is 1. The second-order valence-electron chi connectivity index (χ2n) is 5.19. The van der Waals surface area contributed by atoms with Gasteiger partial charge in [0.15, 0.2) is 0 Å². The van der Waals surface area contributed by atoms with Crippen LogP contribution in [0.15, 0.2) is 24.3 Å². The van der Waals surface area contributed by atoms with Crippen molar-refractivity contribution in [1.82, 2.24) is 0 Å². The normalized spacial score (nSPS) is 26.7. The first-order valence-electron chi connectivity index (χ1n) is 5.97. The number of hydrogen-bond donors (Lipinski definition) is 0. The van der Waals surface area contributed by atoms with E-state index in [9.17, 15) is 0 Å². The molecule has 1 saturated heterocycles. The molecule has 0 bridgehead atoms. The molecule has 0 spiro atoms. The van der Waals surface area contributed by atoms with Gasteiger partial charge in [0.1, 0.15) is 0 Å². The van der Waals surface area contributed by atoms with E-state index in [1.807, 2.05) is 0 Å². The van der Waals surface area contributed by atoms with Gasteiger partial charge in [-0.2, -0.15) is 0 Å². The number of aryl methyl sites for hydroxylation is 1. The molecule has 1 heteroatoms. The fourth-order valence-corrected chi connectivity index (χ4v) is 2.63. The Morgan fingerprint density at radius 2 is 1.53 bits per heavy atom. The van der Waals surface area contributed by atoms with Crippen LogP contribution in [0.25, 0.3) is 0 Å². The first kappa shape index (κ1) is 10.5. The molecule has 2 atom stereocenters. The SMILES string of the molecule is Cc1ccc(N2C[C@H](C)C[C@@H](C)C2)cc1. The Kier molecular flexibility index (Phi) is 2.99. The summed E-state index contributed by atoms with van der Waals surface area (Å²) in [5, 5.41) is 0. The Hall–Kier alpha value is -0.980. The number of benzene rings is 1. The van der Waals surface area contributed by atoms with E-state index in [1.54, 1.807) is 0 Å². The van der Waals surface area contributed by atoms with Gasteiger partial charge in [-0.1, -0.05) is 31.5 Å². The molecule has 0 aromatic heterocycles. The van der Waals surface area contributed by atoms with Gasteiger partial charge in [0.05, 0.1) is 0 Å². The van der Waals surface area contributed by atoms with Crippen molar-refractivity contribution in [1.29, 1.82) is 0 Å². The van der Waals surface area contributed by atoms with Crippen molar-refractivity contribution < 1.29 is 0 Å². The third kappa shape index (κ3) is 2.53. The van der Waals surface area contributed by atoms with Crippen LogP contribution in [0.3, 0.4) is 0 Å². The first-order chi connectivity index (χ1) is 7.15. The first-order valence-corrected chi connectivity index (χ1v) is 5.97. The minimum absolute atomic E-state index is 0.829. The van der Waals surface area contributed by atoms with E-state index in [0.29, 0.717) is 0 Å².